The summed E-state index contributed by atoms with van der Waals surface area (Å²) < 4.78 is 5.89. The molecule has 1 heterocycles. The van der Waals surface area contributed by atoms with E-state index in [9.17, 15) is 4.79 Å². The number of hydrogen-bond acceptors (Lipinski definition) is 2. The van der Waals surface area contributed by atoms with E-state index in [2.05, 4.69) is 31.9 Å². The first kappa shape index (κ1) is 9.26. The van der Waals surface area contributed by atoms with Crippen LogP contribution in [0.1, 0.15) is 13.8 Å². The van der Waals surface area contributed by atoms with Crippen molar-refractivity contribution >= 4 is 37.8 Å². The van der Waals surface area contributed by atoms with Crippen molar-refractivity contribution in [1.82, 2.24) is 0 Å². The number of esters is 1. The Morgan fingerprint density at radius 3 is 2.36 bits per heavy atom. The molecular weight excluding hydrogens is 276 g/mol. The van der Waals surface area contributed by atoms with Crippen LogP contribution in [0.4, 0.5) is 0 Å². The molecule has 62 valence electrons. The molecule has 1 rings (SSSR count). The normalized spacial score (nSPS) is 27.3. The van der Waals surface area contributed by atoms with Gasteiger partial charge in [0.1, 0.15) is 6.10 Å². The van der Waals surface area contributed by atoms with E-state index in [0.29, 0.717) is 5.57 Å². The van der Waals surface area contributed by atoms with Crippen LogP contribution in [0.3, 0.4) is 0 Å². The lowest BCUT2D eigenvalue weighted by Crippen LogP contribution is -2.18. The van der Waals surface area contributed by atoms with Crippen molar-refractivity contribution in [2.45, 2.75) is 24.8 Å². The molecule has 0 amide bonds. The van der Waals surface area contributed by atoms with Gasteiger partial charge in [0.25, 0.3) is 0 Å². The second kappa shape index (κ2) is 3.27. The molecule has 0 saturated heterocycles. The molecule has 0 spiro atoms. The van der Waals surface area contributed by atoms with Crippen LogP contribution in [0.5, 0.6) is 0 Å². The third-order valence-corrected chi connectivity index (χ3v) is 3.09. The first-order valence-electron chi connectivity index (χ1n) is 3.25. The van der Waals surface area contributed by atoms with Gasteiger partial charge >= 0.3 is 5.97 Å². The lowest BCUT2D eigenvalue weighted by Gasteiger charge is -2.12. The highest BCUT2D eigenvalue weighted by Crippen LogP contribution is 2.31. The Hall–Kier alpha value is 0.170. The van der Waals surface area contributed by atoms with E-state index in [0.717, 1.165) is 4.48 Å². The smallest absolute Gasteiger partial charge is 0.335 e. The molecule has 2 atom stereocenters. The molecule has 0 bridgehead atoms. The minimum Gasteiger partial charge on any atom is -0.452 e. The molecule has 0 aromatic carbocycles. The molecular formula is C7H8Br2O2. The Morgan fingerprint density at radius 2 is 2.18 bits per heavy atom. The van der Waals surface area contributed by atoms with Crippen LogP contribution in [0.15, 0.2) is 10.1 Å². The van der Waals surface area contributed by atoms with Crippen molar-refractivity contribution < 1.29 is 9.53 Å². The zero-order chi connectivity index (χ0) is 8.59. The molecule has 0 N–H and O–H groups in total. The summed E-state index contributed by atoms with van der Waals surface area (Å²) in [6.45, 7) is 3.69. The second-order valence-corrected chi connectivity index (χ2v) is 4.78. The van der Waals surface area contributed by atoms with Crippen molar-refractivity contribution in [3.63, 3.8) is 0 Å². The number of hydrogen-bond donors (Lipinski definition) is 0. The number of ether oxygens (including phenoxy) is 1. The van der Waals surface area contributed by atoms with Crippen LogP contribution < -0.4 is 0 Å². The SMILES string of the molecule is CC1=C(Br)C(C(C)Br)OC1=O. The molecule has 4 heteroatoms. The van der Waals surface area contributed by atoms with Crippen LogP contribution in [0, 0.1) is 0 Å². The maximum absolute atomic E-state index is 11.0. The van der Waals surface area contributed by atoms with Gasteiger partial charge in [-0.05, 0) is 13.8 Å². The zero-order valence-corrected chi connectivity index (χ0v) is 9.40. The third-order valence-electron chi connectivity index (χ3n) is 1.57. The van der Waals surface area contributed by atoms with Crippen molar-refractivity contribution in [3.8, 4) is 0 Å². The van der Waals surface area contributed by atoms with Gasteiger partial charge in [0.15, 0.2) is 0 Å². The molecule has 1 aliphatic heterocycles. The van der Waals surface area contributed by atoms with Crippen LogP contribution in [-0.2, 0) is 9.53 Å². The maximum Gasteiger partial charge on any atom is 0.335 e. The average molecular weight is 284 g/mol. The molecule has 0 aliphatic carbocycles. The summed E-state index contributed by atoms with van der Waals surface area (Å²) in [7, 11) is 0. The molecule has 1 aliphatic rings. The van der Waals surface area contributed by atoms with Gasteiger partial charge in [-0.2, -0.15) is 0 Å². The van der Waals surface area contributed by atoms with E-state index in [1.165, 1.54) is 0 Å². The lowest BCUT2D eigenvalue weighted by atomic mass is 10.2. The van der Waals surface area contributed by atoms with Gasteiger partial charge in [-0.3, -0.25) is 0 Å². The molecule has 0 aromatic rings. The minimum atomic E-state index is -0.229. The summed E-state index contributed by atoms with van der Waals surface area (Å²) >= 11 is 6.67. The fourth-order valence-corrected chi connectivity index (χ4v) is 2.24. The van der Waals surface area contributed by atoms with Gasteiger partial charge in [-0.15, -0.1) is 0 Å². The maximum atomic E-state index is 11.0. The van der Waals surface area contributed by atoms with Crippen LogP contribution in [0.2, 0.25) is 0 Å². The Balaban J connectivity index is 2.86. The predicted octanol–water partition coefficient (Wildman–Crippen LogP) is 2.36. The van der Waals surface area contributed by atoms with E-state index >= 15 is 0 Å². The first-order valence-corrected chi connectivity index (χ1v) is 4.96. The van der Waals surface area contributed by atoms with E-state index in [1.807, 2.05) is 6.92 Å². The summed E-state index contributed by atoms with van der Waals surface area (Å²) in [6.07, 6.45) is -0.150. The molecule has 0 fully saturated rings. The highest BCUT2D eigenvalue weighted by atomic mass is 79.9. The van der Waals surface area contributed by atoms with Gasteiger partial charge in [-0.1, -0.05) is 31.9 Å². The fraction of sp³-hybridized carbons (Fsp3) is 0.571. The van der Waals surface area contributed by atoms with Crippen molar-refractivity contribution in [2.75, 3.05) is 0 Å². The van der Waals surface area contributed by atoms with Gasteiger partial charge in [0, 0.05) is 10.1 Å². The molecule has 2 nitrogen and oxygen atoms in total. The first-order chi connectivity index (χ1) is 5.04. The standard InChI is InChI=1S/C7H8Br2O2/c1-3-5(9)6(4(2)8)11-7(3)10/h4,6H,1-2H3. The molecule has 2 unspecified atom stereocenters. The van der Waals surface area contributed by atoms with Gasteiger partial charge in [-0.25, -0.2) is 4.79 Å². The van der Waals surface area contributed by atoms with Gasteiger partial charge in [0.05, 0.1) is 4.83 Å². The van der Waals surface area contributed by atoms with E-state index < -0.39 is 0 Å². The summed E-state index contributed by atoms with van der Waals surface area (Å²) in [4.78, 5) is 11.1. The quantitative estimate of drug-likeness (QED) is 0.546. The van der Waals surface area contributed by atoms with Crippen LogP contribution >= 0.6 is 31.9 Å². The van der Waals surface area contributed by atoms with Crippen LogP contribution in [-0.4, -0.2) is 16.9 Å². The highest BCUT2D eigenvalue weighted by molar-refractivity contribution is 9.12. The van der Waals surface area contributed by atoms with Crippen LogP contribution in [0.25, 0.3) is 0 Å². The van der Waals surface area contributed by atoms with E-state index in [4.69, 9.17) is 4.74 Å². The summed E-state index contributed by atoms with van der Waals surface area (Å²) in [5, 5.41) is 0. The van der Waals surface area contributed by atoms with Crippen molar-refractivity contribution in [3.05, 3.63) is 10.1 Å². The van der Waals surface area contributed by atoms with E-state index in [1.54, 1.807) is 6.92 Å². The highest BCUT2D eigenvalue weighted by Gasteiger charge is 2.32. The summed E-state index contributed by atoms with van der Waals surface area (Å²) in [6, 6.07) is 0. The Kier molecular flexibility index (Phi) is 2.75. The lowest BCUT2D eigenvalue weighted by molar-refractivity contribution is -0.139. The third kappa shape index (κ3) is 1.67. The Labute approximate surface area is 82.2 Å². The number of cyclic esters (lactones) is 1. The molecule has 0 saturated carbocycles. The number of carbonyl (C=O) groups excluding carboxylic acids is 1. The molecule has 0 aromatic heterocycles. The topological polar surface area (TPSA) is 26.3 Å². The summed E-state index contributed by atoms with van der Waals surface area (Å²) in [5.41, 5.74) is 0.668. The zero-order valence-electron chi connectivity index (χ0n) is 6.23. The Morgan fingerprint density at radius 1 is 1.64 bits per heavy atom. The van der Waals surface area contributed by atoms with E-state index in [-0.39, 0.29) is 16.9 Å². The minimum absolute atomic E-state index is 0.150. The number of halogens is 2. The molecule has 0 radical (unpaired) electrons. The van der Waals surface area contributed by atoms with Gasteiger partial charge in [0.2, 0.25) is 0 Å². The number of alkyl halides is 1. The average Bonchev–Trinajstić information content (AvgIpc) is 2.17. The van der Waals surface area contributed by atoms with Crippen molar-refractivity contribution in [1.29, 1.82) is 0 Å². The summed E-state index contributed by atoms with van der Waals surface area (Å²) in [5.74, 6) is -0.229. The second-order valence-electron chi connectivity index (χ2n) is 2.48. The largest absolute Gasteiger partial charge is 0.452 e. The molecule has 11 heavy (non-hydrogen) atoms. The monoisotopic (exact) mass is 282 g/mol. The predicted molar refractivity (Wildman–Crippen MR) is 49.9 cm³/mol. The fourth-order valence-electron chi connectivity index (χ4n) is 0.862. The Bertz CT molecular complexity index is 220. The van der Waals surface area contributed by atoms with Crippen molar-refractivity contribution in [2.24, 2.45) is 0 Å². The van der Waals surface area contributed by atoms with Gasteiger partial charge < -0.3 is 4.74 Å². The number of rotatable bonds is 1. The number of carbonyl (C=O) groups is 1.